The zero-order valence-corrected chi connectivity index (χ0v) is 14.1. The van der Waals surface area contributed by atoms with Crippen molar-refractivity contribution in [1.82, 2.24) is 10.2 Å². The van der Waals surface area contributed by atoms with E-state index in [-0.39, 0.29) is 0 Å². The van der Waals surface area contributed by atoms with Gasteiger partial charge in [-0.25, -0.2) is 0 Å². The van der Waals surface area contributed by atoms with Crippen molar-refractivity contribution in [3.8, 4) is 5.75 Å². The summed E-state index contributed by atoms with van der Waals surface area (Å²) in [6.07, 6.45) is 1.15. The lowest BCUT2D eigenvalue weighted by molar-refractivity contribution is 0.354. The van der Waals surface area contributed by atoms with Crippen molar-refractivity contribution in [2.45, 2.75) is 32.4 Å². The molecule has 2 unspecified atom stereocenters. The van der Waals surface area contributed by atoms with Crippen LogP contribution in [0.5, 0.6) is 5.75 Å². The zero-order valence-electron chi connectivity index (χ0n) is 12.5. The average molecular weight is 329 g/mol. The molecule has 3 nitrogen and oxygen atoms in total. The summed E-state index contributed by atoms with van der Waals surface area (Å²) in [6.45, 7) is 5.53. The van der Waals surface area contributed by atoms with E-state index in [0.29, 0.717) is 12.1 Å². The molecule has 108 valence electrons. The number of benzene rings is 1. The maximum Gasteiger partial charge on any atom is 0.133 e. The summed E-state index contributed by atoms with van der Waals surface area (Å²) in [6, 6.07) is 7.06. The topological polar surface area (TPSA) is 24.5 Å². The summed E-state index contributed by atoms with van der Waals surface area (Å²) in [4.78, 5) is 2.22. The van der Waals surface area contributed by atoms with Gasteiger partial charge in [-0.2, -0.15) is 0 Å². The SMILES string of the molecule is COc1ccc(C(C)NC(C)CCN(C)C)cc1Br. The molecule has 1 aromatic rings. The lowest BCUT2D eigenvalue weighted by atomic mass is 10.1. The Bertz CT molecular complexity index is 396. The zero-order chi connectivity index (χ0) is 14.4. The Morgan fingerprint density at radius 1 is 1.32 bits per heavy atom. The van der Waals surface area contributed by atoms with Crippen molar-refractivity contribution in [2.75, 3.05) is 27.7 Å². The second-order valence-electron chi connectivity index (χ2n) is 5.28. The van der Waals surface area contributed by atoms with Gasteiger partial charge in [0.2, 0.25) is 0 Å². The minimum absolute atomic E-state index is 0.333. The molecule has 1 aromatic carbocycles. The molecule has 1 rings (SSSR count). The fraction of sp³-hybridized carbons (Fsp3) is 0.600. The highest BCUT2D eigenvalue weighted by Crippen LogP contribution is 2.28. The van der Waals surface area contributed by atoms with Crippen LogP contribution in [0.25, 0.3) is 0 Å². The predicted octanol–water partition coefficient (Wildman–Crippen LogP) is 3.45. The Morgan fingerprint density at radius 3 is 2.53 bits per heavy atom. The molecule has 0 spiro atoms. The van der Waals surface area contributed by atoms with Crippen molar-refractivity contribution in [1.29, 1.82) is 0 Å². The molecule has 0 aromatic heterocycles. The Balaban J connectivity index is 2.57. The van der Waals surface area contributed by atoms with E-state index < -0.39 is 0 Å². The van der Waals surface area contributed by atoms with E-state index in [2.05, 4.69) is 66.2 Å². The van der Waals surface area contributed by atoms with Gasteiger partial charge < -0.3 is 15.0 Å². The molecule has 19 heavy (non-hydrogen) atoms. The smallest absolute Gasteiger partial charge is 0.133 e. The summed E-state index contributed by atoms with van der Waals surface area (Å²) in [5.41, 5.74) is 1.27. The van der Waals surface area contributed by atoms with Gasteiger partial charge in [0.1, 0.15) is 5.75 Å². The van der Waals surface area contributed by atoms with Crippen LogP contribution in [-0.4, -0.2) is 38.7 Å². The van der Waals surface area contributed by atoms with Gasteiger partial charge in [0, 0.05) is 12.1 Å². The van der Waals surface area contributed by atoms with Gasteiger partial charge in [0.05, 0.1) is 11.6 Å². The first kappa shape index (κ1) is 16.5. The summed E-state index contributed by atoms with van der Waals surface area (Å²) >= 11 is 3.53. The molecule has 0 aliphatic rings. The second-order valence-corrected chi connectivity index (χ2v) is 6.13. The van der Waals surface area contributed by atoms with Crippen LogP contribution >= 0.6 is 15.9 Å². The van der Waals surface area contributed by atoms with E-state index in [1.807, 2.05) is 6.07 Å². The summed E-state index contributed by atoms with van der Waals surface area (Å²) in [5, 5.41) is 3.63. The van der Waals surface area contributed by atoms with E-state index in [4.69, 9.17) is 4.74 Å². The van der Waals surface area contributed by atoms with Crippen LogP contribution in [-0.2, 0) is 0 Å². The molecule has 2 atom stereocenters. The number of rotatable bonds is 7. The average Bonchev–Trinajstić information content (AvgIpc) is 2.36. The highest BCUT2D eigenvalue weighted by Gasteiger charge is 2.11. The molecule has 1 N–H and O–H groups in total. The van der Waals surface area contributed by atoms with Crippen LogP contribution in [0.1, 0.15) is 31.9 Å². The lowest BCUT2D eigenvalue weighted by Crippen LogP contribution is -2.31. The highest BCUT2D eigenvalue weighted by molar-refractivity contribution is 9.10. The number of nitrogens with one attached hydrogen (secondary N) is 1. The van der Waals surface area contributed by atoms with E-state index >= 15 is 0 Å². The van der Waals surface area contributed by atoms with Crippen LogP contribution < -0.4 is 10.1 Å². The molecule has 0 heterocycles. The van der Waals surface area contributed by atoms with Crippen LogP contribution in [0, 0.1) is 0 Å². The van der Waals surface area contributed by atoms with Gasteiger partial charge in [-0.05, 0) is 74.5 Å². The first-order valence-electron chi connectivity index (χ1n) is 6.68. The third-order valence-electron chi connectivity index (χ3n) is 3.22. The number of hydrogen-bond acceptors (Lipinski definition) is 3. The molecule has 0 aliphatic heterocycles. The fourth-order valence-corrected chi connectivity index (χ4v) is 2.57. The molecule has 0 aliphatic carbocycles. The van der Waals surface area contributed by atoms with Crippen molar-refractivity contribution in [3.63, 3.8) is 0 Å². The van der Waals surface area contributed by atoms with Gasteiger partial charge >= 0.3 is 0 Å². The second kappa shape index (κ2) is 7.88. The van der Waals surface area contributed by atoms with E-state index in [0.717, 1.165) is 23.2 Å². The number of ether oxygens (including phenoxy) is 1. The van der Waals surface area contributed by atoms with Crippen molar-refractivity contribution < 1.29 is 4.74 Å². The number of methoxy groups -OCH3 is 1. The first-order valence-corrected chi connectivity index (χ1v) is 7.47. The molecule has 0 bridgehead atoms. The molecular formula is C15H25BrN2O. The van der Waals surface area contributed by atoms with Crippen molar-refractivity contribution >= 4 is 15.9 Å². The standard InChI is InChI=1S/C15H25BrN2O/c1-11(8-9-18(3)4)17-12(2)13-6-7-15(19-5)14(16)10-13/h6-7,10-12,17H,8-9H2,1-5H3. The monoisotopic (exact) mass is 328 g/mol. The van der Waals surface area contributed by atoms with E-state index in [1.165, 1.54) is 5.56 Å². The maximum absolute atomic E-state index is 5.25. The van der Waals surface area contributed by atoms with Gasteiger partial charge in [-0.15, -0.1) is 0 Å². The Hall–Kier alpha value is -0.580. The molecule has 0 saturated heterocycles. The van der Waals surface area contributed by atoms with Crippen molar-refractivity contribution in [3.05, 3.63) is 28.2 Å². The number of hydrogen-bond donors (Lipinski definition) is 1. The molecule has 0 amide bonds. The third-order valence-corrected chi connectivity index (χ3v) is 3.84. The normalized spacial score (nSPS) is 14.5. The molecular weight excluding hydrogens is 304 g/mol. The van der Waals surface area contributed by atoms with Crippen LogP contribution in [0.2, 0.25) is 0 Å². The largest absolute Gasteiger partial charge is 0.496 e. The van der Waals surface area contributed by atoms with Crippen LogP contribution in [0.4, 0.5) is 0 Å². The van der Waals surface area contributed by atoms with Crippen LogP contribution in [0.3, 0.4) is 0 Å². The first-order chi connectivity index (χ1) is 8.93. The van der Waals surface area contributed by atoms with Crippen molar-refractivity contribution in [2.24, 2.45) is 0 Å². The molecule has 0 radical (unpaired) electrons. The Morgan fingerprint density at radius 2 is 2.00 bits per heavy atom. The van der Waals surface area contributed by atoms with Crippen LogP contribution in [0.15, 0.2) is 22.7 Å². The molecule has 0 saturated carbocycles. The summed E-state index contributed by atoms with van der Waals surface area (Å²) < 4.78 is 6.25. The van der Waals surface area contributed by atoms with E-state index in [1.54, 1.807) is 7.11 Å². The lowest BCUT2D eigenvalue weighted by Gasteiger charge is -2.22. The highest BCUT2D eigenvalue weighted by atomic mass is 79.9. The minimum atomic E-state index is 0.333. The molecule has 4 heteroatoms. The van der Waals surface area contributed by atoms with Gasteiger partial charge in [0.15, 0.2) is 0 Å². The van der Waals surface area contributed by atoms with Gasteiger partial charge in [-0.3, -0.25) is 0 Å². The minimum Gasteiger partial charge on any atom is -0.496 e. The maximum atomic E-state index is 5.25. The number of nitrogens with zero attached hydrogens (tertiary/aromatic N) is 1. The Labute approximate surface area is 125 Å². The van der Waals surface area contributed by atoms with Gasteiger partial charge in [0.25, 0.3) is 0 Å². The number of halogens is 1. The third kappa shape index (κ3) is 5.51. The molecule has 0 fully saturated rings. The fourth-order valence-electron chi connectivity index (χ4n) is 2.01. The summed E-state index contributed by atoms with van der Waals surface area (Å²) in [5.74, 6) is 0.872. The summed E-state index contributed by atoms with van der Waals surface area (Å²) in [7, 11) is 5.90. The quantitative estimate of drug-likeness (QED) is 0.829. The Kier molecular flexibility index (Phi) is 6.83. The van der Waals surface area contributed by atoms with Gasteiger partial charge in [-0.1, -0.05) is 6.07 Å². The predicted molar refractivity (Wildman–Crippen MR) is 84.9 cm³/mol. The van der Waals surface area contributed by atoms with E-state index in [9.17, 15) is 0 Å².